The molecule has 2 fully saturated rings. The molecule has 1 saturated heterocycles. The highest BCUT2D eigenvalue weighted by molar-refractivity contribution is 5.92. The van der Waals surface area contributed by atoms with E-state index < -0.39 is 0 Å². The van der Waals surface area contributed by atoms with Gasteiger partial charge in [-0.1, -0.05) is 20.8 Å². The Morgan fingerprint density at radius 2 is 1.84 bits per heavy atom. The molecular formula is C15H26N2O2. The van der Waals surface area contributed by atoms with Gasteiger partial charge in [0.05, 0.1) is 11.8 Å². The van der Waals surface area contributed by atoms with Gasteiger partial charge in [0, 0.05) is 19.6 Å². The number of hydrogen-bond donors (Lipinski definition) is 1. The Morgan fingerprint density at radius 1 is 1.21 bits per heavy atom. The molecule has 0 aromatic heterocycles. The summed E-state index contributed by atoms with van der Waals surface area (Å²) in [7, 11) is 0. The van der Waals surface area contributed by atoms with Crippen molar-refractivity contribution in [3.63, 3.8) is 0 Å². The third-order valence-corrected chi connectivity index (χ3v) is 4.22. The van der Waals surface area contributed by atoms with Crippen molar-refractivity contribution in [2.75, 3.05) is 19.6 Å². The summed E-state index contributed by atoms with van der Waals surface area (Å²) < 4.78 is 0. The third kappa shape index (κ3) is 3.71. The first-order chi connectivity index (χ1) is 8.99. The number of rotatable bonds is 4. The zero-order valence-electron chi connectivity index (χ0n) is 12.3. The van der Waals surface area contributed by atoms with Crippen molar-refractivity contribution in [3.05, 3.63) is 0 Å². The molecule has 108 valence electrons. The van der Waals surface area contributed by atoms with Crippen LogP contribution in [0.5, 0.6) is 0 Å². The molecule has 0 spiro atoms. The lowest BCUT2D eigenvalue weighted by atomic mass is 9.99. The van der Waals surface area contributed by atoms with Crippen molar-refractivity contribution < 1.29 is 9.59 Å². The van der Waals surface area contributed by atoms with E-state index in [1.54, 1.807) is 0 Å². The number of carbonyl (C=O) groups excluding carboxylic acids is 2. The number of piperidine rings is 1. The van der Waals surface area contributed by atoms with E-state index in [2.05, 4.69) is 26.1 Å². The van der Waals surface area contributed by atoms with E-state index in [-0.39, 0.29) is 23.7 Å². The Morgan fingerprint density at radius 3 is 2.42 bits per heavy atom. The van der Waals surface area contributed by atoms with Gasteiger partial charge in [-0.15, -0.1) is 0 Å². The van der Waals surface area contributed by atoms with Crippen LogP contribution in [-0.2, 0) is 9.59 Å². The number of likely N-dealkylation sites (tertiary alicyclic amines) is 1. The summed E-state index contributed by atoms with van der Waals surface area (Å²) in [6.07, 6.45) is 2.94. The lowest BCUT2D eigenvalue weighted by molar-refractivity contribution is -0.135. The minimum atomic E-state index is -0.0643. The first-order valence-corrected chi connectivity index (χ1v) is 7.55. The number of nitrogens with zero attached hydrogens (tertiary/aromatic N) is 1. The largest absolute Gasteiger partial charge is 0.356 e. The molecule has 19 heavy (non-hydrogen) atoms. The van der Waals surface area contributed by atoms with Gasteiger partial charge in [-0.05, 0) is 31.1 Å². The summed E-state index contributed by atoms with van der Waals surface area (Å²) in [5.74, 6) is 1.36. The number of carbonyl (C=O) groups is 2. The maximum Gasteiger partial charge on any atom is 0.226 e. The molecule has 1 aliphatic heterocycles. The van der Waals surface area contributed by atoms with Crippen LogP contribution in [0, 0.1) is 23.7 Å². The molecular weight excluding hydrogens is 240 g/mol. The standard InChI is InChI=1S/C15H26N2O2/c1-10(2)9-16-14(18)12-8-13(12)15(19)17-6-4-11(3)5-7-17/h10-13H,4-9H2,1-3H3,(H,16,18). The van der Waals surface area contributed by atoms with Gasteiger partial charge in [0.2, 0.25) is 11.8 Å². The predicted octanol–water partition coefficient (Wildman–Crippen LogP) is 1.65. The number of amides is 2. The molecule has 4 nitrogen and oxygen atoms in total. The molecule has 1 heterocycles. The maximum absolute atomic E-state index is 12.3. The summed E-state index contributed by atoms with van der Waals surface area (Å²) in [6, 6.07) is 0. The Labute approximate surface area is 115 Å². The van der Waals surface area contributed by atoms with Gasteiger partial charge in [0.1, 0.15) is 0 Å². The highest BCUT2D eigenvalue weighted by Gasteiger charge is 2.49. The molecule has 0 bridgehead atoms. The lowest BCUT2D eigenvalue weighted by Crippen LogP contribution is -2.40. The topological polar surface area (TPSA) is 49.4 Å². The van der Waals surface area contributed by atoms with E-state index >= 15 is 0 Å². The molecule has 2 atom stereocenters. The first kappa shape index (κ1) is 14.4. The van der Waals surface area contributed by atoms with Crippen molar-refractivity contribution in [1.29, 1.82) is 0 Å². The summed E-state index contributed by atoms with van der Waals surface area (Å²) in [5.41, 5.74) is 0. The van der Waals surface area contributed by atoms with Crippen molar-refractivity contribution in [3.8, 4) is 0 Å². The van der Waals surface area contributed by atoms with E-state index in [1.807, 2.05) is 4.90 Å². The number of hydrogen-bond acceptors (Lipinski definition) is 2. The average Bonchev–Trinajstić information content (AvgIpc) is 3.16. The zero-order chi connectivity index (χ0) is 14.0. The van der Waals surface area contributed by atoms with E-state index in [0.717, 1.165) is 38.3 Å². The van der Waals surface area contributed by atoms with Gasteiger partial charge in [-0.25, -0.2) is 0 Å². The Bertz CT molecular complexity index is 346. The van der Waals surface area contributed by atoms with E-state index in [4.69, 9.17) is 0 Å². The zero-order valence-corrected chi connectivity index (χ0v) is 12.3. The normalized spacial score (nSPS) is 27.5. The summed E-state index contributed by atoms with van der Waals surface area (Å²) in [5, 5.41) is 2.93. The summed E-state index contributed by atoms with van der Waals surface area (Å²) >= 11 is 0. The van der Waals surface area contributed by atoms with E-state index in [1.165, 1.54) is 0 Å². The smallest absolute Gasteiger partial charge is 0.226 e. The van der Waals surface area contributed by atoms with Crippen LogP contribution in [0.25, 0.3) is 0 Å². The third-order valence-electron chi connectivity index (χ3n) is 4.22. The maximum atomic E-state index is 12.3. The molecule has 1 aliphatic carbocycles. The first-order valence-electron chi connectivity index (χ1n) is 7.55. The molecule has 2 unspecified atom stereocenters. The Kier molecular flexibility index (Phi) is 4.48. The molecule has 0 radical (unpaired) electrons. The van der Waals surface area contributed by atoms with Crippen molar-refractivity contribution in [2.24, 2.45) is 23.7 Å². The van der Waals surface area contributed by atoms with Gasteiger partial charge in [0.15, 0.2) is 0 Å². The second-order valence-electron chi connectivity index (χ2n) is 6.60. The molecule has 2 aliphatic rings. The fourth-order valence-electron chi connectivity index (χ4n) is 2.66. The fraction of sp³-hybridized carbons (Fsp3) is 0.867. The Balaban J connectivity index is 1.75. The van der Waals surface area contributed by atoms with Crippen LogP contribution in [0.2, 0.25) is 0 Å². The predicted molar refractivity (Wildman–Crippen MR) is 74.4 cm³/mol. The van der Waals surface area contributed by atoms with Gasteiger partial charge in [0.25, 0.3) is 0 Å². The number of nitrogens with one attached hydrogen (secondary N) is 1. The summed E-state index contributed by atoms with van der Waals surface area (Å²) in [6.45, 7) is 8.83. The molecule has 2 amide bonds. The van der Waals surface area contributed by atoms with Crippen LogP contribution in [0.4, 0.5) is 0 Å². The van der Waals surface area contributed by atoms with Crippen LogP contribution < -0.4 is 5.32 Å². The van der Waals surface area contributed by atoms with Crippen LogP contribution >= 0.6 is 0 Å². The minimum absolute atomic E-state index is 0.0411. The Hall–Kier alpha value is -1.06. The van der Waals surface area contributed by atoms with Crippen molar-refractivity contribution in [1.82, 2.24) is 10.2 Å². The fourth-order valence-corrected chi connectivity index (χ4v) is 2.66. The monoisotopic (exact) mass is 266 g/mol. The van der Waals surface area contributed by atoms with Gasteiger partial charge < -0.3 is 10.2 Å². The van der Waals surface area contributed by atoms with Crippen LogP contribution in [0.1, 0.15) is 40.0 Å². The molecule has 0 aromatic rings. The van der Waals surface area contributed by atoms with Crippen molar-refractivity contribution in [2.45, 2.75) is 40.0 Å². The average molecular weight is 266 g/mol. The summed E-state index contributed by atoms with van der Waals surface area (Å²) in [4.78, 5) is 26.1. The lowest BCUT2D eigenvalue weighted by Gasteiger charge is -2.30. The van der Waals surface area contributed by atoms with Crippen LogP contribution in [0.3, 0.4) is 0 Å². The molecule has 2 rings (SSSR count). The van der Waals surface area contributed by atoms with E-state index in [0.29, 0.717) is 12.5 Å². The minimum Gasteiger partial charge on any atom is -0.356 e. The van der Waals surface area contributed by atoms with Crippen LogP contribution in [0.15, 0.2) is 0 Å². The van der Waals surface area contributed by atoms with Crippen LogP contribution in [-0.4, -0.2) is 36.3 Å². The second kappa shape index (κ2) is 5.93. The second-order valence-corrected chi connectivity index (χ2v) is 6.60. The van der Waals surface area contributed by atoms with E-state index in [9.17, 15) is 9.59 Å². The quantitative estimate of drug-likeness (QED) is 0.841. The highest BCUT2D eigenvalue weighted by atomic mass is 16.2. The SMILES string of the molecule is CC(C)CNC(=O)C1CC1C(=O)N1CCC(C)CC1. The highest BCUT2D eigenvalue weighted by Crippen LogP contribution is 2.40. The van der Waals surface area contributed by atoms with Gasteiger partial charge >= 0.3 is 0 Å². The molecule has 4 heteroatoms. The van der Waals surface area contributed by atoms with Gasteiger partial charge in [-0.3, -0.25) is 9.59 Å². The van der Waals surface area contributed by atoms with Gasteiger partial charge in [-0.2, -0.15) is 0 Å². The van der Waals surface area contributed by atoms with Crippen molar-refractivity contribution >= 4 is 11.8 Å². The molecule has 1 saturated carbocycles. The molecule has 1 N–H and O–H groups in total. The molecule has 0 aromatic carbocycles.